The third-order valence-electron chi connectivity index (χ3n) is 1.77. The molecule has 1 N–H and O–H groups in total. The van der Waals surface area contributed by atoms with Crippen molar-refractivity contribution < 1.29 is 14.3 Å². The molecule has 0 fully saturated rings. The molecular formula is C9H16ClNO3. The molecule has 5 heteroatoms. The Hall–Kier alpha value is -0.770. The van der Waals surface area contributed by atoms with Gasteiger partial charge in [0.1, 0.15) is 6.04 Å². The molecule has 0 heterocycles. The normalized spacial score (nSPS) is 11.9. The third kappa shape index (κ3) is 5.07. The minimum atomic E-state index is -0.539. The topological polar surface area (TPSA) is 55.4 Å². The monoisotopic (exact) mass is 221 g/mol. The second kappa shape index (κ2) is 7.62. The molecule has 1 amide bonds. The van der Waals surface area contributed by atoms with Crippen molar-refractivity contribution in [2.45, 2.75) is 32.2 Å². The fraction of sp³-hybridized carbons (Fsp3) is 0.778. The first-order chi connectivity index (χ1) is 6.65. The molecule has 0 aromatic rings. The van der Waals surface area contributed by atoms with E-state index >= 15 is 0 Å². The number of alkyl halides is 1. The van der Waals surface area contributed by atoms with Crippen LogP contribution in [0, 0.1) is 0 Å². The predicted molar refractivity (Wildman–Crippen MR) is 54.2 cm³/mol. The third-order valence-corrected chi connectivity index (χ3v) is 2.03. The first-order valence-corrected chi connectivity index (χ1v) is 5.12. The van der Waals surface area contributed by atoms with Crippen LogP contribution in [0.15, 0.2) is 0 Å². The minimum absolute atomic E-state index is 0.164. The summed E-state index contributed by atoms with van der Waals surface area (Å²) in [6.45, 7) is 1.81. The van der Waals surface area contributed by atoms with Gasteiger partial charge in [-0.3, -0.25) is 4.79 Å². The van der Waals surface area contributed by atoms with E-state index in [1.165, 1.54) is 7.11 Å². The van der Waals surface area contributed by atoms with Gasteiger partial charge >= 0.3 is 5.97 Å². The second-order valence-electron chi connectivity index (χ2n) is 2.84. The van der Waals surface area contributed by atoms with E-state index in [0.717, 1.165) is 0 Å². The Morgan fingerprint density at radius 2 is 2.14 bits per heavy atom. The van der Waals surface area contributed by atoms with Gasteiger partial charge in [-0.05, 0) is 12.8 Å². The molecule has 4 nitrogen and oxygen atoms in total. The highest BCUT2D eigenvalue weighted by molar-refractivity contribution is 6.17. The number of amides is 1. The lowest BCUT2D eigenvalue weighted by Gasteiger charge is -2.13. The van der Waals surface area contributed by atoms with Crippen molar-refractivity contribution >= 4 is 23.5 Å². The highest BCUT2D eigenvalue weighted by Crippen LogP contribution is 1.97. The second-order valence-corrected chi connectivity index (χ2v) is 3.22. The molecular weight excluding hydrogens is 206 g/mol. The van der Waals surface area contributed by atoms with Crippen LogP contribution < -0.4 is 5.32 Å². The van der Waals surface area contributed by atoms with Crippen LogP contribution in [0.3, 0.4) is 0 Å². The summed E-state index contributed by atoms with van der Waals surface area (Å²) in [6.07, 6.45) is 1.49. The van der Waals surface area contributed by atoms with E-state index in [1.807, 2.05) is 6.92 Å². The average molecular weight is 222 g/mol. The summed E-state index contributed by atoms with van der Waals surface area (Å²) >= 11 is 5.43. The molecule has 14 heavy (non-hydrogen) atoms. The predicted octanol–water partition coefficient (Wildman–Crippen LogP) is 1.07. The Labute approximate surface area is 88.9 Å². The number of carbonyl (C=O) groups is 2. The van der Waals surface area contributed by atoms with Gasteiger partial charge in [0.2, 0.25) is 5.91 Å². The van der Waals surface area contributed by atoms with Gasteiger partial charge < -0.3 is 10.1 Å². The number of rotatable bonds is 6. The molecule has 0 aliphatic rings. The summed E-state index contributed by atoms with van der Waals surface area (Å²) in [7, 11) is 1.30. The van der Waals surface area contributed by atoms with Crippen LogP contribution in [0.2, 0.25) is 0 Å². The number of hydrogen-bond donors (Lipinski definition) is 1. The lowest BCUT2D eigenvalue weighted by molar-refractivity contribution is -0.145. The van der Waals surface area contributed by atoms with Crippen LogP contribution in [-0.2, 0) is 14.3 Å². The zero-order valence-corrected chi connectivity index (χ0v) is 9.26. The van der Waals surface area contributed by atoms with Gasteiger partial charge in [0, 0.05) is 12.3 Å². The van der Waals surface area contributed by atoms with E-state index in [0.29, 0.717) is 25.1 Å². The van der Waals surface area contributed by atoms with E-state index in [2.05, 4.69) is 10.1 Å². The van der Waals surface area contributed by atoms with Gasteiger partial charge in [-0.2, -0.15) is 0 Å². The Morgan fingerprint density at radius 1 is 1.50 bits per heavy atom. The molecule has 0 aliphatic heterocycles. The molecule has 82 valence electrons. The standard InChI is InChI=1S/C9H16ClNO3/c1-3-7(9(13)14-2)11-8(12)5-4-6-10/h7H,3-6H2,1-2H3,(H,11,12)/t7-/m0/s1. The number of esters is 1. The van der Waals surface area contributed by atoms with Crippen molar-refractivity contribution in [3.63, 3.8) is 0 Å². The summed E-state index contributed by atoms with van der Waals surface area (Å²) in [5.74, 6) is -0.128. The lowest BCUT2D eigenvalue weighted by atomic mass is 10.2. The SMILES string of the molecule is CC[C@H](NC(=O)CCCCl)C(=O)OC. The van der Waals surface area contributed by atoms with Crippen molar-refractivity contribution in [1.82, 2.24) is 5.32 Å². The van der Waals surface area contributed by atoms with Gasteiger partial charge in [0.25, 0.3) is 0 Å². The van der Waals surface area contributed by atoms with E-state index in [-0.39, 0.29) is 5.91 Å². The summed E-state index contributed by atoms with van der Waals surface area (Å²) in [5.41, 5.74) is 0. The van der Waals surface area contributed by atoms with Crippen LogP contribution in [0.25, 0.3) is 0 Å². The smallest absolute Gasteiger partial charge is 0.328 e. The van der Waals surface area contributed by atoms with Crippen LogP contribution in [0.1, 0.15) is 26.2 Å². The van der Waals surface area contributed by atoms with E-state index in [9.17, 15) is 9.59 Å². The van der Waals surface area contributed by atoms with Crippen LogP contribution in [-0.4, -0.2) is 30.9 Å². The molecule has 0 aliphatic carbocycles. The zero-order valence-electron chi connectivity index (χ0n) is 8.51. The van der Waals surface area contributed by atoms with Gasteiger partial charge in [0.05, 0.1) is 7.11 Å². The molecule has 0 saturated heterocycles. The van der Waals surface area contributed by atoms with E-state index in [1.54, 1.807) is 0 Å². The molecule has 0 unspecified atom stereocenters. The summed E-state index contributed by atoms with van der Waals surface area (Å²) in [4.78, 5) is 22.3. The van der Waals surface area contributed by atoms with Gasteiger partial charge in [-0.15, -0.1) is 11.6 Å². The summed E-state index contributed by atoms with van der Waals surface area (Å²) < 4.78 is 4.53. The first kappa shape index (κ1) is 13.2. The number of nitrogens with one attached hydrogen (secondary N) is 1. The highest BCUT2D eigenvalue weighted by atomic mass is 35.5. The fourth-order valence-corrected chi connectivity index (χ4v) is 1.10. The molecule has 0 saturated carbocycles. The van der Waals surface area contributed by atoms with Gasteiger partial charge in [-0.1, -0.05) is 6.92 Å². The molecule has 0 bridgehead atoms. The minimum Gasteiger partial charge on any atom is -0.467 e. The Balaban J connectivity index is 3.92. The number of halogens is 1. The number of carbonyl (C=O) groups excluding carboxylic acids is 2. The van der Waals surface area contributed by atoms with Crippen molar-refractivity contribution in [3.8, 4) is 0 Å². The first-order valence-electron chi connectivity index (χ1n) is 4.58. The number of ether oxygens (including phenoxy) is 1. The van der Waals surface area contributed by atoms with Crippen molar-refractivity contribution in [2.24, 2.45) is 0 Å². The van der Waals surface area contributed by atoms with Gasteiger partial charge in [-0.25, -0.2) is 4.79 Å². The summed E-state index contributed by atoms with van der Waals surface area (Å²) in [5, 5.41) is 2.58. The molecule has 0 radical (unpaired) electrons. The van der Waals surface area contributed by atoms with Crippen LogP contribution >= 0.6 is 11.6 Å². The fourth-order valence-electron chi connectivity index (χ4n) is 0.964. The van der Waals surface area contributed by atoms with Gasteiger partial charge in [0.15, 0.2) is 0 Å². The molecule has 0 aromatic carbocycles. The molecule has 1 atom stereocenters. The van der Waals surface area contributed by atoms with Crippen molar-refractivity contribution in [1.29, 1.82) is 0 Å². The zero-order chi connectivity index (χ0) is 11.0. The molecule has 0 spiro atoms. The van der Waals surface area contributed by atoms with Crippen molar-refractivity contribution in [3.05, 3.63) is 0 Å². The Bertz CT molecular complexity index is 196. The summed E-state index contributed by atoms with van der Waals surface area (Å²) in [6, 6.07) is -0.539. The maximum atomic E-state index is 11.2. The largest absolute Gasteiger partial charge is 0.467 e. The number of hydrogen-bond acceptors (Lipinski definition) is 3. The number of methoxy groups -OCH3 is 1. The van der Waals surface area contributed by atoms with Crippen LogP contribution in [0.5, 0.6) is 0 Å². The Kier molecular flexibility index (Phi) is 7.20. The lowest BCUT2D eigenvalue weighted by Crippen LogP contribution is -2.40. The van der Waals surface area contributed by atoms with E-state index in [4.69, 9.17) is 11.6 Å². The highest BCUT2D eigenvalue weighted by Gasteiger charge is 2.18. The van der Waals surface area contributed by atoms with E-state index < -0.39 is 12.0 Å². The maximum absolute atomic E-state index is 11.2. The molecule has 0 rings (SSSR count). The Morgan fingerprint density at radius 3 is 2.57 bits per heavy atom. The quantitative estimate of drug-likeness (QED) is 0.539. The average Bonchev–Trinajstić information content (AvgIpc) is 2.21. The molecule has 0 aromatic heterocycles. The van der Waals surface area contributed by atoms with Crippen molar-refractivity contribution in [2.75, 3.05) is 13.0 Å². The van der Waals surface area contributed by atoms with Crippen LogP contribution in [0.4, 0.5) is 0 Å². The maximum Gasteiger partial charge on any atom is 0.328 e.